The molecular weight excluding hydrogens is 456 g/mol. The fourth-order valence-electron chi connectivity index (χ4n) is 4.02. The van der Waals surface area contributed by atoms with Crippen molar-refractivity contribution in [1.29, 1.82) is 0 Å². The van der Waals surface area contributed by atoms with Gasteiger partial charge in [0, 0.05) is 23.2 Å². The van der Waals surface area contributed by atoms with Gasteiger partial charge < -0.3 is 10.1 Å². The van der Waals surface area contributed by atoms with E-state index in [0.29, 0.717) is 18.0 Å². The number of carbonyl (C=O) groups excluding carboxylic acids is 2. The number of ether oxygens (including phenoxy) is 1. The molecular formula is C29H28N2O3S. The van der Waals surface area contributed by atoms with E-state index in [4.69, 9.17) is 4.74 Å². The van der Waals surface area contributed by atoms with Gasteiger partial charge in [-0.3, -0.25) is 14.5 Å². The lowest BCUT2D eigenvalue weighted by Gasteiger charge is -2.32. The van der Waals surface area contributed by atoms with Gasteiger partial charge in [0.15, 0.2) is 0 Å². The van der Waals surface area contributed by atoms with Gasteiger partial charge in [-0.25, -0.2) is 0 Å². The number of amides is 2. The summed E-state index contributed by atoms with van der Waals surface area (Å²) in [4.78, 5) is 30.2. The SMILES string of the molecule is COc1cccc(N(C(=O)Cc2cccs2)[C@@H](C(=O)NCc2ccccc2)c2ccccc2C)c1. The molecule has 178 valence electrons. The van der Waals surface area contributed by atoms with E-state index in [1.807, 2.05) is 97.2 Å². The van der Waals surface area contributed by atoms with Crippen molar-refractivity contribution in [3.63, 3.8) is 0 Å². The Morgan fingerprint density at radius 2 is 1.71 bits per heavy atom. The average molecular weight is 485 g/mol. The van der Waals surface area contributed by atoms with Gasteiger partial charge in [-0.2, -0.15) is 0 Å². The summed E-state index contributed by atoms with van der Waals surface area (Å²) < 4.78 is 5.43. The summed E-state index contributed by atoms with van der Waals surface area (Å²) in [5.41, 5.74) is 3.31. The molecule has 0 aliphatic heterocycles. The summed E-state index contributed by atoms with van der Waals surface area (Å²) in [5.74, 6) is 0.207. The molecule has 1 atom stereocenters. The Balaban J connectivity index is 1.77. The highest BCUT2D eigenvalue weighted by Gasteiger charge is 2.34. The number of hydrogen-bond donors (Lipinski definition) is 1. The van der Waals surface area contributed by atoms with Crippen molar-refractivity contribution in [2.45, 2.75) is 25.9 Å². The number of aryl methyl sites for hydroxylation is 1. The minimum absolute atomic E-state index is 0.163. The molecule has 0 bridgehead atoms. The third-order valence-corrected chi connectivity index (χ3v) is 6.68. The van der Waals surface area contributed by atoms with Crippen LogP contribution in [0.25, 0.3) is 0 Å². The minimum atomic E-state index is -0.848. The first-order valence-corrected chi connectivity index (χ1v) is 12.3. The number of rotatable bonds is 9. The number of carbonyl (C=O) groups is 2. The topological polar surface area (TPSA) is 58.6 Å². The largest absolute Gasteiger partial charge is 0.497 e. The van der Waals surface area contributed by atoms with E-state index in [-0.39, 0.29) is 18.2 Å². The van der Waals surface area contributed by atoms with Crippen LogP contribution in [0.3, 0.4) is 0 Å². The number of benzene rings is 3. The number of nitrogens with one attached hydrogen (secondary N) is 1. The fraction of sp³-hybridized carbons (Fsp3) is 0.172. The first-order chi connectivity index (χ1) is 17.1. The molecule has 4 rings (SSSR count). The summed E-state index contributed by atoms with van der Waals surface area (Å²) in [6.45, 7) is 2.33. The van der Waals surface area contributed by atoms with Crippen LogP contribution in [0.1, 0.15) is 27.6 Å². The Morgan fingerprint density at radius 1 is 0.943 bits per heavy atom. The third kappa shape index (κ3) is 5.97. The van der Waals surface area contributed by atoms with Gasteiger partial charge in [0.25, 0.3) is 0 Å². The molecule has 3 aromatic carbocycles. The van der Waals surface area contributed by atoms with Crippen molar-refractivity contribution >= 4 is 28.8 Å². The summed E-state index contributed by atoms with van der Waals surface area (Å²) in [6.07, 6.45) is 0.198. The predicted octanol–water partition coefficient (Wildman–Crippen LogP) is 5.70. The highest BCUT2D eigenvalue weighted by atomic mass is 32.1. The zero-order chi connectivity index (χ0) is 24.6. The van der Waals surface area contributed by atoms with Crippen molar-refractivity contribution in [1.82, 2.24) is 5.32 Å². The Morgan fingerprint density at radius 3 is 2.43 bits per heavy atom. The number of anilines is 1. The number of methoxy groups -OCH3 is 1. The van der Waals surface area contributed by atoms with E-state index in [1.54, 1.807) is 18.1 Å². The summed E-state index contributed by atoms with van der Waals surface area (Å²) in [5, 5.41) is 5.00. The van der Waals surface area contributed by atoms with Crippen LogP contribution in [0.15, 0.2) is 96.4 Å². The molecule has 0 aliphatic rings. The van der Waals surface area contributed by atoms with Crippen LogP contribution >= 0.6 is 11.3 Å². The Kier molecular flexibility index (Phi) is 7.95. The Bertz CT molecular complexity index is 1270. The van der Waals surface area contributed by atoms with Crippen LogP contribution in [0, 0.1) is 6.92 Å². The van der Waals surface area contributed by atoms with Crippen LogP contribution in [-0.2, 0) is 22.6 Å². The first kappa shape index (κ1) is 24.2. The molecule has 0 saturated heterocycles. The standard InChI is InChI=1S/C29H28N2O3S/c1-21-10-6-7-16-26(21)28(29(33)30-20-22-11-4-3-5-12-22)31(23-13-8-14-24(18-23)34-2)27(32)19-25-15-9-17-35-25/h3-18,28H,19-20H2,1-2H3,(H,30,33)/t28-/m1/s1. The van der Waals surface area contributed by atoms with Crippen LogP contribution in [0.4, 0.5) is 5.69 Å². The van der Waals surface area contributed by atoms with Crippen molar-refractivity contribution in [3.8, 4) is 5.75 Å². The monoisotopic (exact) mass is 484 g/mol. The van der Waals surface area contributed by atoms with Crippen molar-refractivity contribution < 1.29 is 14.3 Å². The molecule has 35 heavy (non-hydrogen) atoms. The predicted molar refractivity (Wildman–Crippen MR) is 141 cm³/mol. The van der Waals surface area contributed by atoms with Crippen LogP contribution < -0.4 is 15.0 Å². The fourth-order valence-corrected chi connectivity index (χ4v) is 4.71. The van der Waals surface area contributed by atoms with E-state index in [2.05, 4.69) is 5.32 Å². The molecule has 0 spiro atoms. The normalized spacial score (nSPS) is 11.5. The molecule has 0 saturated carbocycles. The van der Waals surface area contributed by atoms with Gasteiger partial charge in [0.1, 0.15) is 11.8 Å². The molecule has 1 aromatic heterocycles. The minimum Gasteiger partial charge on any atom is -0.497 e. The van der Waals surface area contributed by atoms with Gasteiger partial charge in [-0.15, -0.1) is 11.3 Å². The Hall–Kier alpha value is -3.90. The molecule has 5 nitrogen and oxygen atoms in total. The quantitative estimate of drug-likeness (QED) is 0.332. The van der Waals surface area contributed by atoms with E-state index in [0.717, 1.165) is 21.6 Å². The number of thiophene rings is 1. The molecule has 6 heteroatoms. The molecule has 0 radical (unpaired) electrons. The van der Waals surface area contributed by atoms with E-state index < -0.39 is 6.04 Å². The molecule has 4 aromatic rings. The maximum Gasteiger partial charge on any atom is 0.248 e. The number of nitrogens with zero attached hydrogens (tertiary/aromatic N) is 1. The van der Waals surface area contributed by atoms with Gasteiger partial charge in [0.2, 0.25) is 11.8 Å². The van der Waals surface area contributed by atoms with Gasteiger partial charge in [-0.1, -0.05) is 66.7 Å². The summed E-state index contributed by atoms with van der Waals surface area (Å²) >= 11 is 1.53. The molecule has 1 N–H and O–H groups in total. The zero-order valence-corrected chi connectivity index (χ0v) is 20.6. The lowest BCUT2D eigenvalue weighted by molar-refractivity contribution is -0.126. The molecule has 0 unspecified atom stereocenters. The maximum atomic E-state index is 13.8. The van der Waals surface area contributed by atoms with Crippen molar-refractivity contribution in [3.05, 3.63) is 118 Å². The number of hydrogen-bond acceptors (Lipinski definition) is 4. The summed E-state index contributed by atoms with van der Waals surface area (Å²) in [7, 11) is 1.59. The third-order valence-electron chi connectivity index (χ3n) is 5.80. The van der Waals surface area contributed by atoms with Crippen LogP contribution in [0.5, 0.6) is 5.75 Å². The van der Waals surface area contributed by atoms with E-state index in [9.17, 15) is 9.59 Å². The molecule has 0 fully saturated rings. The molecule has 2 amide bonds. The lowest BCUT2D eigenvalue weighted by atomic mass is 9.97. The van der Waals surface area contributed by atoms with Gasteiger partial charge >= 0.3 is 0 Å². The van der Waals surface area contributed by atoms with E-state index in [1.165, 1.54) is 11.3 Å². The highest BCUT2D eigenvalue weighted by molar-refractivity contribution is 7.10. The molecule has 0 aliphatic carbocycles. The highest BCUT2D eigenvalue weighted by Crippen LogP contribution is 2.33. The average Bonchev–Trinajstić information content (AvgIpc) is 3.40. The second-order valence-electron chi connectivity index (χ2n) is 8.18. The zero-order valence-electron chi connectivity index (χ0n) is 19.8. The van der Waals surface area contributed by atoms with Crippen molar-refractivity contribution in [2.24, 2.45) is 0 Å². The Labute approximate surface area is 210 Å². The van der Waals surface area contributed by atoms with Crippen molar-refractivity contribution in [2.75, 3.05) is 12.0 Å². The lowest BCUT2D eigenvalue weighted by Crippen LogP contribution is -2.44. The first-order valence-electron chi connectivity index (χ1n) is 11.4. The maximum absolute atomic E-state index is 13.8. The smallest absolute Gasteiger partial charge is 0.248 e. The second kappa shape index (κ2) is 11.5. The van der Waals surface area contributed by atoms with Gasteiger partial charge in [0.05, 0.1) is 13.5 Å². The van der Waals surface area contributed by atoms with E-state index >= 15 is 0 Å². The van der Waals surface area contributed by atoms with Crippen LogP contribution in [-0.4, -0.2) is 18.9 Å². The van der Waals surface area contributed by atoms with Crippen LogP contribution in [0.2, 0.25) is 0 Å². The second-order valence-corrected chi connectivity index (χ2v) is 9.22. The summed E-state index contributed by atoms with van der Waals surface area (Å²) in [6, 6.07) is 27.7. The molecule has 1 heterocycles. The van der Waals surface area contributed by atoms with Gasteiger partial charge in [-0.05, 0) is 47.2 Å².